The van der Waals surface area contributed by atoms with E-state index in [1.54, 1.807) is 0 Å². The summed E-state index contributed by atoms with van der Waals surface area (Å²) < 4.78 is 0. The molecule has 4 rings (SSSR count). The van der Waals surface area contributed by atoms with Crippen LogP contribution in [0.1, 0.15) is 20.8 Å². The molecule has 0 radical (unpaired) electrons. The summed E-state index contributed by atoms with van der Waals surface area (Å²) in [6.45, 7) is 5.69. The van der Waals surface area contributed by atoms with E-state index in [1.165, 1.54) is 10.8 Å². The zero-order valence-corrected chi connectivity index (χ0v) is 15.1. The van der Waals surface area contributed by atoms with Crippen molar-refractivity contribution in [1.82, 2.24) is 9.97 Å². The van der Waals surface area contributed by atoms with E-state index in [9.17, 15) is 4.79 Å². The number of aromatic nitrogens is 2. The molecule has 0 atom stereocenters. The third-order valence-corrected chi connectivity index (χ3v) is 4.45. The van der Waals surface area contributed by atoms with Crippen molar-refractivity contribution in [3.05, 3.63) is 60.7 Å². The summed E-state index contributed by atoms with van der Waals surface area (Å²) in [7, 11) is 0. The van der Waals surface area contributed by atoms with Gasteiger partial charge in [0.1, 0.15) is 5.82 Å². The van der Waals surface area contributed by atoms with Gasteiger partial charge >= 0.3 is 0 Å². The number of imidazole rings is 1. The molecule has 4 nitrogen and oxygen atoms in total. The number of nitrogens with one attached hydrogen (secondary N) is 2. The smallest absolute Gasteiger partial charge is 0.229 e. The van der Waals surface area contributed by atoms with Crippen LogP contribution in [0.15, 0.2) is 60.7 Å². The van der Waals surface area contributed by atoms with Gasteiger partial charge < -0.3 is 10.3 Å². The van der Waals surface area contributed by atoms with Crippen molar-refractivity contribution in [3.8, 4) is 11.4 Å². The summed E-state index contributed by atoms with van der Waals surface area (Å²) in [4.78, 5) is 20.2. The molecule has 1 amide bonds. The molecular weight excluding hydrogens is 322 g/mol. The maximum absolute atomic E-state index is 12.1. The van der Waals surface area contributed by atoms with Crippen LogP contribution in [-0.4, -0.2) is 15.9 Å². The van der Waals surface area contributed by atoms with E-state index in [0.29, 0.717) is 0 Å². The van der Waals surface area contributed by atoms with Crippen LogP contribution in [0, 0.1) is 5.41 Å². The number of anilines is 1. The van der Waals surface area contributed by atoms with Crippen molar-refractivity contribution >= 4 is 33.4 Å². The number of H-pyrrole nitrogens is 1. The molecule has 0 aliphatic carbocycles. The standard InChI is InChI=1S/C22H21N3O/c1-22(2,3)21(26)23-17-10-8-14(9-11-17)20-24-18-12-15-6-4-5-7-16(15)13-19(18)25-20/h4-13H,1-3H3,(H,23,26)(H,24,25). The Hall–Kier alpha value is -3.14. The summed E-state index contributed by atoms with van der Waals surface area (Å²) in [5.41, 5.74) is 3.32. The average Bonchev–Trinajstić information content (AvgIpc) is 3.02. The molecule has 0 fully saturated rings. The van der Waals surface area contributed by atoms with E-state index in [1.807, 2.05) is 57.2 Å². The monoisotopic (exact) mass is 343 g/mol. The Morgan fingerprint density at radius 3 is 2.27 bits per heavy atom. The van der Waals surface area contributed by atoms with Crippen molar-refractivity contribution in [1.29, 1.82) is 0 Å². The summed E-state index contributed by atoms with van der Waals surface area (Å²) in [6, 6.07) is 20.2. The lowest BCUT2D eigenvalue weighted by Gasteiger charge is -2.17. The van der Waals surface area contributed by atoms with Gasteiger partial charge in [0.15, 0.2) is 0 Å². The summed E-state index contributed by atoms with van der Waals surface area (Å²) >= 11 is 0. The zero-order chi connectivity index (χ0) is 18.3. The maximum Gasteiger partial charge on any atom is 0.229 e. The lowest BCUT2D eigenvalue weighted by atomic mass is 9.95. The minimum atomic E-state index is -0.417. The molecule has 0 saturated carbocycles. The predicted octanol–water partition coefficient (Wildman–Crippen LogP) is 5.37. The number of aromatic amines is 1. The zero-order valence-electron chi connectivity index (χ0n) is 15.1. The number of carbonyl (C=O) groups is 1. The summed E-state index contributed by atoms with van der Waals surface area (Å²) in [5, 5.41) is 5.31. The van der Waals surface area contributed by atoms with E-state index < -0.39 is 5.41 Å². The Kier molecular flexibility index (Phi) is 3.76. The first-order valence-corrected chi connectivity index (χ1v) is 8.70. The van der Waals surface area contributed by atoms with Gasteiger partial charge in [-0.2, -0.15) is 0 Å². The fraction of sp³-hybridized carbons (Fsp3) is 0.182. The van der Waals surface area contributed by atoms with E-state index in [2.05, 4.69) is 34.6 Å². The van der Waals surface area contributed by atoms with Crippen LogP contribution in [0.25, 0.3) is 33.2 Å². The molecule has 130 valence electrons. The number of hydrogen-bond acceptors (Lipinski definition) is 2. The van der Waals surface area contributed by atoms with E-state index >= 15 is 0 Å². The SMILES string of the molecule is CC(C)(C)C(=O)Nc1ccc(-c2nc3cc4ccccc4cc3[nH]2)cc1. The molecule has 0 aliphatic heterocycles. The molecule has 0 bridgehead atoms. The second-order valence-electron chi connectivity index (χ2n) is 7.58. The van der Waals surface area contributed by atoms with Gasteiger partial charge in [-0.15, -0.1) is 0 Å². The van der Waals surface area contributed by atoms with Crippen molar-refractivity contribution in [2.45, 2.75) is 20.8 Å². The number of benzene rings is 3. The highest BCUT2D eigenvalue weighted by Gasteiger charge is 2.21. The minimum Gasteiger partial charge on any atom is -0.338 e. The fourth-order valence-electron chi connectivity index (χ4n) is 2.86. The van der Waals surface area contributed by atoms with Crippen LogP contribution < -0.4 is 5.32 Å². The first kappa shape index (κ1) is 16.3. The highest BCUT2D eigenvalue weighted by molar-refractivity contribution is 5.96. The Bertz CT molecular complexity index is 1050. The van der Waals surface area contributed by atoms with Gasteiger partial charge in [-0.3, -0.25) is 4.79 Å². The number of fused-ring (bicyclic) bond motifs is 2. The molecule has 1 heterocycles. The third kappa shape index (κ3) is 3.06. The Labute approximate surface area is 152 Å². The predicted molar refractivity (Wildman–Crippen MR) is 107 cm³/mol. The molecule has 4 heteroatoms. The summed E-state index contributed by atoms with van der Waals surface area (Å²) in [6.07, 6.45) is 0. The molecule has 0 aliphatic rings. The molecule has 0 saturated heterocycles. The number of nitrogens with zero attached hydrogens (tertiary/aromatic N) is 1. The van der Waals surface area contributed by atoms with Crippen LogP contribution in [0.3, 0.4) is 0 Å². The molecule has 2 N–H and O–H groups in total. The Morgan fingerprint density at radius 2 is 1.62 bits per heavy atom. The summed E-state index contributed by atoms with van der Waals surface area (Å²) in [5.74, 6) is 0.824. The van der Waals surface area contributed by atoms with Gasteiger partial charge in [-0.1, -0.05) is 45.0 Å². The van der Waals surface area contributed by atoms with E-state index in [-0.39, 0.29) is 5.91 Å². The molecule has 26 heavy (non-hydrogen) atoms. The van der Waals surface area contributed by atoms with Gasteiger partial charge in [-0.05, 0) is 47.2 Å². The molecular formula is C22H21N3O. The van der Waals surface area contributed by atoms with Gasteiger partial charge in [-0.25, -0.2) is 4.98 Å². The van der Waals surface area contributed by atoms with Crippen LogP contribution >= 0.6 is 0 Å². The Balaban J connectivity index is 1.65. The molecule has 0 unspecified atom stereocenters. The van der Waals surface area contributed by atoms with E-state index in [0.717, 1.165) is 28.1 Å². The van der Waals surface area contributed by atoms with Crippen LogP contribution in [0.4, 0.5) is 5.69 Å². The highest BCUT2D eigenvalue weighted by atomic mass is 16.2. The van der Waals surface area contributed by atoms with Crippen molar-refractivity contribution < 1.29 is 4.79 Å². The average molecular weight is 343 g/mol. The first-order valence-electron chi connectivity index (χ1n) is 8.70. The molecule has 3 aromatic carbocycles. The highest BCUT2D eigenvalue weighted by Crippen LogP contribution is 2.26. The molecule has 0 spiro atoms. The van der Waals surface area contributed by atoms with Crippen LogP contribution in [0.2, 0.25) is 0 Å². The number of carbonyl (C=O) groups excluding carboxylic acids is 1. The van der Waals surface area contributed by atoms with Gasteiger partial charge in [0.05, 0.1) is 11.0 Å². The van der Waals surface area contributed by atoms with Gasteiger partial charge in [0, 0.05) is 16.7 Å². The molecule has 4 aromatic rings. The second kappa shape index (κ2) is 5.99. The van der Waals surface area contributed by atoms with Crippen molar-refractivity contribution in [2.75, 3.05) is 5.32 Å². The lowest BCUT2D eigenvalue weighted by molar-refractivity contribution is -0.123. The second-order valence-corrected chi connectivity index (χ2v) is 7.58. The van der Waals surface area contributed by atoms with E-state index in [4.69, 9.17) is 4.98 Å². The van der Waals surface area contributed by atoms with Crippen molar-refractivity contribution in [2.24, 2.45) is 5.41 Å². The fourth-order valence-corrected chi connectivity index (χ4v) is 2.86. The number of hydrogen-bond donors (Lipinski definition) is 2. The molecule has 1 aromatic heterocycles. The van der Waals surface area contributed by atoms with Gasteiger partial charge in [0.2, 0.25) is 5.91 Å². The quantitative estimate of drug-likeness (QED) is 0.514. The van der Waals surface area contributed by atoms with Crippen molar-refractivity contribution in [3.63, 3.8) is 0 Å². The van der Waals surface area contributed by atoms with Gasteiger partial charge in [0.25, 0.3) is 0 Å². The van der Waals surface area contributed by atoms with Crippen LogP contribution in [0.5, 0.6) is 0 Å². The first-order chi connectivity index (χ1) is 12.4. The lowest BCUT2D eigenvalue weighted by Crippen LogP contribution is -2.27. The topological polar surface area (TPSA) is 57.8 Å². The normalized spacial score (nSPS) is 11.8. The third-order valence-electron chi connectivity index (χ3n) is 4.45. The maximum atomic E-state index is 12.1. The minimum absolute atomic E-state index is 0.000627. The number of amides is 1. The largest absolute Gasteiger partial charge is 0.338 e. The van der Waals surface area contributed by atoms with Crippen LogP contribution in [-0.2, 0) is 4.79 Å². The Morgan fingerprint density at radius 1 is 0.962 bits per heavy atom. The number of rotatable bonds is 2.